The average molecular weight is 488 g/mol. The van der Waals surface area contributed by atoms with Crippen molar-refractivity contribution in [3.8, 4) is 5.75 Å². The van der Waals surface area contributed by atoms with Gasteiger partial charge in [0.2, 0.25) is 0 Å². The minimum absolute atomic E-state index is 0.369. The number of phenolic OH excluding ortho intramolecular Hbond substituents is 1. The molecule has 5 rings (SSSR count). The third kappa shape index (κ3) is 5.51. The third-order valence-corrected chi connectivity index (χ3v) is 8.08. The highest BCUT2D eigenvalue weighted by atomic mass is 31.1. The van der Waals surface area contributed by atoms with Crippen molar-refractivity contribution >= 4 is 30.6 Å². The number of rotatable bonds is 8. The van der Waals surface area contributed by atoms with Crippen molar-refractivity contribution in [1.29, 1.82) is 0 Å². The van der Waals surface area contributed by atoms with E-state index in [9.17, 15) is 5.11 Å². The third-order valence-electron chi connectivity index (χ3n) is 6.44. The van der Waals surface area contributed by atoms with Gasteiger partial charge in [-0.1, -0.05) is 112 Å². The molecular weight excluding hydrogens is 457 g/mol. The van der Waals surface area contributed by atoms with Gasteiger partial charge in [0.05, 0.1) is 0 Å². The summed E-state index contributed by atoms with van der Waals surface area (Å²) in [6.45, 7) is 2.93. The van der Waals surface area contributed by atoms with Gasteiger partial charge in [-0.2, -0.15) is 0 Å². The van der Waals surface area contributed by atoms with Crippen molar-refractivity contribution in [2.45, 2.75) is 19.9 Å². The van der Waals surface area contributed by atoms with Gasteiger partial charge in [-0.15, -0.1) is 0 Å². The van der Waals surface area contributed by atoms with Crippen molar-refractivity contribution < 1.29 is 5.11 Å². The number of aryl methyl sites for hydroxylation is 1. The molecule has 0 heterocycles. The fraction of sp³-hybridized carbons (Fsp3) is 0.0909. The zero-order valence-electron chi connectivity index (χ0n) is 20.4. The summed E-state index contributed by atoms with van der Waals surface area (Å²) in [5.74, 6) is 0.414. The second-order valence-corrected chi connectivity index (χ2v) is 10.3. The molecule has 0 aliphatic rings. The molecule has 5 aromatic rings. The van der Waals surface area contributed by atoms with Crippen LogP contribution in [0.4, 0.5) is 11.4 Å². The summed E-state index contributed by atoms with van der Waals surface area (Å²) in [7, 11) is 0.369. The fourth-order valence-electron chi connectivity index (χ4n) is 4.54. The molecule has 0 aromatic heterocycles. The van der Waals surface area contributed by atoms with Crippen LogP contribution in [-0.2, 0) is 13.0 Å². The van der Waals surface area contributed by atoms with Crippen LogP contribution >= 0.6 is 8.58 Å². The van der Waals surface area contributed by atoms with Gasteiger partial charge >= 0.3 is 0 Å². The van der Waals surface area contributed by atoms with E-state index in [-0.39, 0.29) is 0 Å². The Morgan fingerprint density at radius 2 is 1.17 bits per heavy atom. The predicted octanol–water partition coefficient (Wildman–Crippen LogP) is 7.26. The molecule has 1 N–H and O–H groups in total. The molecule has 0 saturated carbocycles. The van der Waals surface area contributed by atoms with Crippen LogP contribution in [0.3, 0.4) is 0 Å². The Hall–Kier alpha value is -3.87. The van der Waals surface area contributed by atoms with E-state index in [0.29, 0.717) is 14.3 Å². The highest BCUT2D eigenvalue weighted by Gasteiger charge is 2.16. The van der Waals surface area contributed by atoms with Crippen molar-refractivity contribution in [3.05, 3.63) is 150 Å². The lowest BCUT2D eigenvalue weighted by atomic mass is 10.0. The zero-order chi connectivity index (χ0) is 24.7. The van der Waals surface area contributed by atoms with E-state index < -0.39 is 0 Å². The van der Waals surface area contributed by atoms with E-state index in [2.05, 4.69) is 115 Å². The van der Waals surface area contributed by atoms with Gasteiger partial charge < -0.3 is 10.0 Å². The summed E-state index contributed by atoms with van der Waals surface area (Å²) in [5, 5.41) is 13.5. The Balaban J connectivity index is 1.48. The number of benzene rings is 5. The van der Waals surface area contributed by atoms with E-state index in [1.54, 1.807) is 0 Å². The maximum absolute atomic E-state index is 11.2. The number of para-hydroxylation sites is 3. The van der Waals surface area contributed by atoms with Crippen LogP contribution in [-0.4, -0.2) is 5.11 Å². The van der Waals surface area contributed by atoms with Crippen molar-refractivity contribution in [2.75, 3.05) is 4.90 Å². The highest BCUT2D eigenvalue weighted by Crippen LogP contribution is 2.30. The second kappa shape index (κ2) is 11.2. The molecule has 0 amide bonds. The average Bonchev–Trinajstić information content (AvgIpc) is 2.92. The van der Waals surface area contributed by atoms with Gasteiger partial charge in [0.25, 0.3) is 0 Å². The number of hydrogen-bond donors (Lipinski definition) is 1. The summed E-state index contributed by atoms with van der Waals surface area (Å²) in [5.41, 5.74) is 7.01. The zero-order valence-corrected chi connectivity index (χ0v) is 21.4. The topological polar surface area (TPSA) is 23.5 Å². The molecule has 0 spiro atoms. The molecule has 1 atom stereocenters. The molecule has 0 bridgehead atoms. The van der Waals surface area contributed by atoms with Crippen LogP contribution in [0.2, 0.25) is 0 Å². The maximum Gasteiger partial charge on any atom is 0.126 e. The molecule has 5 aromatic carbocycles. The summed E-state index contributed by atoms with van der Waals surface area (Å²) >= 11 is 0. The van der Waals surface area contributed by atoms with Crippen LogP contribution in [0.1, 0.15) is 22.3 Å². The summed E-state index contributed by atoms with van der Waals surface area (Å²) in [6, 6.07) is 44.1. The number of anilines is 2. The smallest absolute Gasteiger partial charge is 0.126 e. The lowest BCUT2D eigenvalue weighted by Gasteiger charge is -2.27. The van der Waals surface area contributed by atoms with Crippen LogP contribution in [0.5, 0.6) is 5.75 Å². The largest absolute Gasteiger partial charge is 0.507 e. The summed E-state index contributed by atoms with van der Waals surface area (Å²) < 4.78 is 0. The normalized spacial score (nSPS) is 11.1. The number of nitrogens with zero attached hydrogens (tertiary/aromatic N) is 1. The molecule has 0 radical (unpaired) electrons. The second-order valence-electron chi connectivity index (χ2n) is 8.97. The molecule has 0 aliphatic heterocycles. The molecule has 0 aliphatic carbocycles. The Morgan fingerprint density at radius 1 is 0.611 bits per heavy atom. The first-order chi connectivity index (χ1) is 17.7. The first kappa shape index (κ1) is 23.9. The molecule has 36 heavy (non-hydrogen) atoms. The van der Waals surface area contributed by atoms with E-state index in [1.807, 2.05) is 24.3 Å². The van der Waals surface area contributed by atoms with Gasteiger partial charge in [0.15, 0.2) is 0 Å². The van der Waals surface area contributed by atoms with E-state index in [4.69, 9.17) is 0 Å². The predicted molar refractivity (Wildman–Crippen MR) is 155 cm³/mol. The highest BCUT2D eigenvalue weighted by molar-refractivity contribution is 7.56. The SMILES string of the molecule is Cc1cccc(CN(c2ccccc2)c2ccccc2)c1Pc1cccc(Cc2ccccc2)c1O. The molecule has 2 nitrogen and oxygen atoms in total. The summed E-state index contributed by atoms with van der Waals surface area (Å²) in [6.07, 6.45) is 0.724. The first-order valence-corrected chi connectivity index (χ1v) is 13.3. The lowest BCUT2D eigenvalue weighted by molar-refractivity contribution is 0.474. The van der Waals surface area contributed by atoms with E-state index in [0.717, 1.165) is 35.2 Å². The monoisotopic (exact) mass is 487 g/mol. The Labute approximate surface area is 215 Å². The quantitative estimate of drug-likeness (QED) is 0.233. The number of phenols is 1. The van der Waals surface area contributed by atoms with Gasteiger partial charge in [0, 0.05) is 29.6 Å². The van der Waals surface area contributed by atoms with Crippen molar-refractivity contribution in [1.82, 2.24) is 0 Å². The van der Waals surface area contributed by atoms with Crippen LogP contribution < -0.4 is 15.5 Å². The molecule has 178 valence electrons. The minimum atomic E-state index is 0.369. The van der Waals surface area contributed by atoms with Gasteiger partial charge in [-0.05, 0) is 58.7 Å². The Morgan fingerprint density at radius 3 is 1.81 bits per heavy atom. The maximum atomic E-state index is 11.2. The van der Waals surface area contributed by atoms with Crippen molar-refractivity contribution in [2.24, 2.45) is 0 Å². The van der Waals surface area contributed by atoms with E-state index >= 15 is 0 Å². The molecule has 0 fully saturated rings. The van der Waals surface area contributed by atoms with Gasteiger partial charge in [-0.3, -0.25) is 0 Å². The van der Waals surface area contributed by atoms with E-state index in [1.165, 1.54) is 22.0 Å². The van der Waals surface area contributed by atoms with Crippen LogP contribution in [0, 0.1) is 6.92 Å². The molecule has 3 heteroatoms. The number of aromatic hydroxyl groups is 1. The number of hydrogen-bond acceptors (Lipinski definition) is 2. The molecule has 1 unspecified atom stereocenters. The Kier molecular flexibility index (Phi) is 7.45. The lowest BCUT2D eigenvalue weighted by Crippen LogP contribution is -2.22. The van der Waals surface area contributed by atoms with Gasteiger partial charge in [0.1, 0.15) is 5.75 Å². The van der Waals surface area contributed by atoms with Crippen molar-refractivity contribution in [3.63, 3.8) is 0 Å². The van der Waals surface area contributed by atoms with Crippen LogP contribution in [0.15, 0.2) is 127 Å². The fourth-order valence-corrected chi connectivity index (χ4v) is 5.87. The Bertz CT molecular complexity index is 1380. The molecular formula is C33H30NOP. The standard InChI is InChI=1S/C33H30NOP/c1-25-13-11-17-28(24-34(29-18-7-3-8-19-29)30-20-9-4-10-21-30)33(25)36-31-22-12-16-27(32(31)35)23-26-14-5-2-6-15-26/h2-22,35-36H,23-24H2,1H3. The van der Waals surface area contributed by atoms with Crippen LogP contribution in [0.25, 0.3) is 0 Å². The van der Waals surface area contributed by atoms with Gasteiger partial charge in [-0.25, -0.2) is 0 Å². The summed E-state index contributed by atoms with van der Waals surface area (Å²) in [4.78, 5) is 2.36. The first-order valence-electron chi connectivity index (χ1n) is 12.3. The minimum Gasteiger partial charge on any atom is -0.507 e. The molecule has 0 saturated heterocycles.